The van der Waals surface area contributed by atoms with E-state index in [0.717, 1.165) is 12.1 Å². The zero-order valence-electron chi connectivity index (χ0n) is 7.76. The monoisotopic (exact) mass is 167 g/mol. The minimum atomic E-state index is -0.271. The molecule has 1 rings (SSSR count). The highest BCUT2D eigenvalue weighted by Crippen LogP contribution is 2.18. The topological polar surface area (TPSA) is 12.9 Å². The largest absolute Gasteiger partial charge is 0.258 e. The van der Waals surface area contributed by atoms with E-state index in [4.69, 9.17) is 0 Å². The summed E-state index contributed by atoms with van der Waals surface area (Å²) in [6.07, 6.45) is 2.15. The molecule has 0 radical (unpaired) electrons. The van der Waals surface area contributed by atoms with Gasteiger partial charge in [0.1, 0.15) is 5.82 Å². The molecule has 66 valence electrons. The smallest absolute Gasteiger partial charge is 0.141 e. The zero-order chi connectivity index (χ0) is 9.19. The minimum Gasteiger partial charge on any atom is -0.258 e. The first-order chi connectivity index (χ1) is 5.47. The first-order valence-electron chi connectivity index (χ1n) is 4.08. The van der Waals surface area contributed by atoms with Crippen LogP contribution in [0.15, 0.2) is 18.3 Å². The number of hydrogen-bond donors (Lipinski definition) is 0. The molecule has 0 aliphatic carbocycles. The third-order valence-corrected chi connectivity index (χ3v) is 1.50. The van der Waals surface area contributed by atoms with Crippen molar-refractivity contribution in [3.8, 4) is 0 Å². The van der Waals surface area contributed by atoms with Gasteiger partial charge in [0.05, 0.1) is 6.20 Å². The summed E-state index contributed by atoms with van der Waals surface area (Å²) in [6.45, 7) is 6.41. The Morgan fingerprint density at radius 2 is 2.00 bits per heavy atom. The normalized spacial score (nSPS) is 11.7. The molecule has 0 aliphatic heterocycles. The van der Waals surface area contributed by atoms with Crippen LogP contribution >= 0.6 is 0 Å². The van der Waals surface area contributed by atoms with Crippen LogP contribution in [0.2, 0.25) is 0 Å². The lowest BCUT2D eigenvalue weighted by atomic mass is 9.90. The molecule has 0 N–H and O–H groups in total. The fraction of sp³-hybridized carbons (Fsp3) is 0.500. The van der Waals surface area contributed by atoms with Gasteiger partial charge in [-0.1, -0.05) is 20.8 Å². The van der Waals surface area contributed by atoms with Crippen LogP contribution in [0.4, 0.5) is 4.39 Å². The van der Waals surface area contributed by atoms with Gasteiger partial charge >= 0.3 is 0 Å². The Labute approximate surface area is 72.6 Å². The molecule has 0 amide bonds. The van der Waals surface area contributed by atoms with Crippen molar-refractivity contribution in [3.05, 3.63) is 29.8 Å². The maximum Gasteiger partial charge on any atom is 0.141 e. The summed E-state index contributed by atoms with van der Waals surface area (Å²) in [5.41, 5.74) is 1.16. The summed E-state index contributed by atoms with van der Waals surface area (Å²) >= 11 is 0. The van der Waals surface area contributed by atoms with E-state index in [0.29, 0.717) is 0 Å². The lowest BCUT2D eigenvalue weighted by Gasteiger charge is -2.16. The van der Waals surface area contributed by atoms with Gasteiger partial charge in [0.15, 0.2) is 0 Å². The highest BCUT2D eigenvalue weighted by molar-refractivity contribution is 5.06. The summed E-state index contributed by atoms with van der Waals surface area (Å²) < 4.78 is 12.5. The van der Waals surface area contributed by atoms with Crippen molar-refractivity contribution in [1.29, 1.82) is 0 Å². The fourth-order valence-electron chi connectivity index (χ4n) is 1.05. The van der Waals surface area contributed by atoms with Crippen LogP contribution in [0, 0.1) is 11.2 Å². The molecular weight excluding hydrogens is 153 g/mol. The molecule has 0 spiro atoms. The van der Waals surface area contributed by atoms with Gasteiger partial charge in [-0.25, -0.2) is 4.39 Å². The van der Waals surface area contributed by atoms with Crippen LogP contribution in [-0.2, 0) is 6.42 Å². The average molecular weight is 167 g/mol. The predicted molar refractivity (Wildman–Crippen MR) is 47.4 cm³/mol. The predicted octanol–water partition coefficient (Wildman–Crippen LogP) is 2.81. The second kappa shape index (κ2) is 3.21. The van der Waals surface area contributed by atoms with E-state index in [1.165, 1.54) is 12.3 Å². The number of pyridine rings is 1. The summed E-state index contributed by atoms with van der Waals surface area (Å²) in [5.74, 6) is -0.271. The van der Waals surface area contributed by atoms with Crippen molar-refractivity contribution in [1.82, 2.24) is 4.98 Å². The zero-order valence-corrected chi connectivity index (χ0v) is 7.76. The summed E-state index contributed by atoms with van der Waals surface area (Å²) in [4.78, 5) is 3.99. The fourth-order valence-corrected chi connectivity index (χ4v) is 1.05. The third-order valence-electron chi connectivity index (χ3n) is 1.50. The van der Waals surface area contributed by atoms with Gasteiger partial charge in [-0.3, -0.25) is 4.98 Å². The van der Waals surface area contributed by atoms with Crippen LogP contribution in [0.25, 0.3) is 0 Å². The number of nitrogens with zero attached hydrogens (tertiary/aromatic N) is 1. The molecular formula is C10H14FN. The number of rotatable bonds is 1. The molecule has 12 heavy (non-hydrogen) atoms. The van der Waals surface area contributed by atoms with E-state index < -0.39 is 0 Å². The Hall–Kier alpha value is -0.920. The molecule has 0 unspecified atom stereocenters. The first-order valence-corrected chi connectivity index (χ1v) is 4.08. The van der Waals surface area contributed by atoms with Crippen molar-refractivity contribution in [2.75, 3.05) is 0 Å². The lowest BCUT2D eigenvalue weighted by molar-refractivity contribution is 0.405. The number of aromatic nitrogens is 1. The Kier molecular flexibility index (Phi) is 2.46. The Morgan fingerprint density at radius 3 is 2.42 bits per heavy atom. The van der Waals surface area contributed by atoms with E-state index >= 15 is 0 Å². The molecule has 1 aromatic heterocycles. The SMILES string of the molecule is CC(C)(C)Cc1ccc(F)cn1. The highest BCUT2D eigenvalue weighted by atomic mass is 19.1. The molecule has 0 fully saturated rings. The van der Waals surface area contributed by atoms with Gasteiger partial charge in [-0.2, -0.15) is 0 Å². The molecule has 1 heterocycles. The van der Waals surface area contributed by atoms with E-state index in [-0.39, 0.29) is 11.2 Å². The minimum absolute atomic E-state index is 0.213. The van der Waals surface area contributed by atoms with Gasteiger partial charge in [-0.15, -0.1) is 0 Å². The first kappa shape index (κ1) is 9.17. The molecule has 0 aliphatic rings. The van der Waals surface area contributed by atoms with Crippen molar-refractivity contribution in [2.24, 2.45) is 5.41 Å². The van der Waals surface area contributed by atoms with Crippen LogP contribution in [-0.4, -0.2) is 4.98 Å². The molecule has 1 aromatic rings. The van der Waals surface area contributed by atoms with E-state index in [1.807, 2.05) is 0 Å². The third kappa shape index (κ3) is 2.99. The van der Waals surface area contributed by atoms with Gasteiger partial charge in [-0.05, 0) is 24.0 Å². The summed E-state index contributed by atoms with van der Waals surface area (Å²) in [5, 5.41) is 0. The summed E-state index contributed by atoms with van der Waals surface area (Å²) in [6, 6.07) is 3.19. The van der Waals surface area contributed by atoms with Crippen LogP contribution in [0.1, 0.15) is 26.5 Å². The van der Waals surface area contributed by atoms with Gasteiger partial charge in [0.25, 0.3) is 0 Å². The lowest BCUT2D eigenvalue weighted by Crippen LogP contribution is -2.10. The molecule has 0 bridgehead atoms. The summed E-state index contributed by atoms with van der Waals surface area (Å²) in [7, 11) is 0. The van der Waals surface area contributed by atoms with Crippen LogP contribution in [0.3, 0.4) is 0 Å². The Morgan fingerprint density at radius 1 is 1.33 bits per heavy atom. The van der Waals surface area contributed by atoms with Gasteiger partial charge in [0, 0.05) is 5.69 Å². The van der Waals surface area contributed by atoms with Crippen LogP contribution < -0.4 is 0 Å². The van der Waals surface area contributed by atoms with E-state index in [9.17, 15) is 4.39 Å². The van der Waals surface area contributed by atoms with E-state index in [1.54, 1.807) is 6.07 Å². The van der Waals surface area contributed by atoms with Gasteiger partial charge < -0.3 is 0 Å². The molecule has 2 heteroatoms. The number of halogens is 1. The second-order valence-corrected chi connectivity index (χ2v) is 4.21. The quantitative estimate of drug-likeness (QED) is 0.626. The molecule has 1 nitrogen and oxygen atoms in total. The van der Waals surface area contributed by atoms with E-state index in [2.05, 4.69) is 25.8 Å². The maximum absolute atomic E-state index is 12.5. The number of hydrogen-bond acceptors (Lipinski definition) is 1. The van der Waals surface area contributed by atoms with Crippen molar-refractivity contribution in [3.63, 3.8) is 0 Å². The standard InChI is InChI=1S/C10H14FN/c1-10(2,3)6-9-5-4-8(11)7-12-9/h4-5,7H,6H2,1-3H3. The molecule has 0 saturated heterocycles. The van der Waals surface area contributed by atoms with Crippen molar-refractivity contribution in [2.45, 2.75) is 27.2 Å². The maximum atomic E-state index is 12.5. The van der Waals surface area contributed by atoms with Crippen molar-refractivity contribution >= 4 is 0 Å². The molecule has 0 saturated carbocycles. The highest BCUT2D eigenvalue weighted by Gasteiger charge is 2.11. The average Bonchev–Trinajstić information content (AvgIpc) is 1.91. The molecule has 0 aromatic carbocycles. The van der Waals surface area contributed by atoms with Crippen LogP contribution in [0.5, 0.6) is 0 Å². The molecule has 0 atom stereocenters. The second-order valence-electron chi connectivity index (χ2n) is 4.21. The van der Waals surface area contributed by atoms with Gasteiger partial charge in [0.2, 0.25) is 0 Å². The Balaban J connectivity index is 2.71. The van der Waals surface area contributed by atoms with Crippen molar-refractivity contribution < 1.29 is 4.39 Å². The Bertz CT molecular complexity index is 246.